The van der Waals surface area contributed by atoms with Crippen LogP contribution in [0.15, 0.2) is 22.7 Å². The molecule has 1 aromatic carbocycles. The highest BCUT2D eigenvalue weighted by Crippen LogP contribution is 2.42. The van der Waals surface area contributed by atoms with E-state index in [-0.39, 0.29) is 21.5 Å². The topological polar surface area (TPSA) is 109 Å². The maximum absolute atomic E-state index is 11.7. The van der Waals surface area contributed by atoms with Gasteiger partial charge in [0.2, 0.25) is 5.88 Å². The van der Waals surface area contributed by atoms with Crippen LogP contribution in [0, 0.1) is 6.92 Å². The van der Waals surface area contributed by atoms with Gasteiger partial charge in [-0.2, -0.15) is 5.10 Å². The lowest BCUT2D eigenvalue weighted by molar-refractivity contribution is -0.147. The van der Waals surface area contributed by atoms with Crippen molar-refractivity contribution in [2.24, 2.45) is 7.05 Å². The average Bonchev–Trinajstić information content (AvgIpc) is 3.29. The molecule has 0 aliphatic heterocycles. The van der Waals surface area contributed by atoms with Gasteiger partial charge < -0.3 is 23.8 Å². The summed E-state index contributed by atoms with van der Waals surface area (Å²) in [5.74, 6) is 0.471. The first-order chi connectivity index (χ1) is 14.9. The van der Waals surface area contributed by atoms with Gasteiger partial charge in [-0.25, -0.2) is 9.48 Å². The van der Waals surface area contributed by atoms with E-state index in [1.54, 1.807) is 33.9 Å². The summed E-state index contributed by atoms with van der Waals surface area (Å²) in [6.07, 6.45) is -0.892. The Bertz CT molecular complexity index is 1150. The summed E-state index contributed by atoms with van der Waals surface area (Å²) in [7, 11) is 2.96. The molecule has 0 aliphatic carbocycles. The quantitative estimate of drug-likeness (QED) is 0.483. The Morgan fingerprint density at radius 3 is 2.47 bits per heavy atom. The van der Waals surface area contributed by atoms with Crippen LogP contribution in [0.3, 0.4) is 0 Å². The lowest BCUT2D eigenvalue weighted by Crippen LogP contribution is -2.25. The number of aryl methyl sites for hydroxylation is 2. The summed E-state index contributed by atoms with van der Waals surface area (Å²) >= 11 is 12.6. The number of hydrogen-bond donors (Lipinski definition) is 1. The monoisotopic (exact) mass is 483 g/mol. The molecule has 0 aliphatic rings. The van der Waals surface area contributed by atoms with Crippen molar-refractivity contribution in [1.82, 2.24) is 14.9 Å². The smallest absolute Gasteiger partial charge is 0.346 e. The average molecular weight is 484 g/mol. The molecule has 1 atom stereocenters. The Morgan fingerprint density at radius 1 is 1.22 bits per heavy atom. The standard InChI is InChI=1S/C21H23Cl2N3O6/c1-10-18(14-8-17(32-25-14)21(3,4)28)19(26(5)24-10)31-16-9-15(12(22)7-13(16)23)30-11(2)20(27)29-6/h7-9,11,28H,1-6H3/t11-/m0/s1. The Balaban J connectivity index is 2.00. The van der Waals surface area contributed by atoms with Gasteiger partial charge in [-0.05, 0) is 33.8 Å². The van der Waals surface area contributed by atoms with Gasteiger partial charge in [0, 0.05) is 19.2 Å². The molecule has 0 saturated carbocycles. The molecule has 0 amide bonds. The van der Waals surface area contributed by atoms with Gasteiger partial charge in [-0.3, -0.25) is 0 Å². The number of aromatic nitrogens is 3. The second-order valence-corrected chi connectivity index (χ2v) is 8.44. The summed E-state index contributed by atoms with van der Waals surface area (Å²) < 4.78 is 23.2. The predicted octanol–water partition coefficient (Wildman–Crippen LogP) is 4.65. The van der Waals surface area contributed by atoms with Crippen LogP contribution in [0.4, 0.5) is 0 Å². The number of aliphatic hydroxyl groups is 1. The van der Waals surface area contributed by atoms with E-state index < -0.39 is 17.7 Å². The van der Waals surface area contributed by atoms with Crippen LogP contribution in [0.1, 0.15) is 32.2 Å². The Labute approximate surface area is 194 Å². The van der Waals surface area contributed by atoms with Crippen LogP contribution in [0.5, 0.6) is 17.4 Å². The van der Waals surface area contributed by atoms with Crippen molar-refractivity contribution in [3.05, 3.63) is 39.7 Å². The molecular formula is C21H23Cl2N3O6. The molecule has 2 heterocycles. The molecule has 2 aromatic heterocycles. The third-order valence-corrected chi connectivity index (χ3v) is 5.16. The summed E-state index contributed by atoms with van der Waals surface area (Å²) in [5.41, 5.74) is 0.412. The van der Waals surface area contributed by atoms with Crippen LogP contribution >= 0.6 is 23.2 Å². The molecule has 0 fully saturated rings. The molecule has 0 unspecified atom stereocenters. The highest BCUT2D eigenvalue weighted by atomic mass is 35.5. The van der Waals surface area contributed by atoms with Crippen molar-refractivity contribution < 1.29 is 28.6 Å². The molecule has 11 heteroatoms. The number of carbonyl (C=O) groups excluding carboxylic acids is 1. The number of methoxy groups -OCH3 is 1. The van der Waals surface area contributed by atoms with Gasteiger partial charge in [-0.1, -0.05) is 28.4 Å². The molecular weight excluding hydrogens is 461 g/mol. The molecule has 172 valence electrons. The Hall–Kier alpha value is -2.75. The Kier molecular flexibility index (Phi) is 6.73. The molecule has 9 nitrogen and oxygen atoms in total. The number of esters is 1. The van der Waals surface area contributed by atoms with Gasteiger partial charge >= 0.3 is 5.97 Å². The van der Waals surface area contributed by atoms with Crippen molar-refractivity contribution in [2.75, 3.05) is 7.11 Å². The molecule has 0 bridgehead atoms. The van der Waals surface area contributed by atoms with Gasteiger partial charge in [0.1, 0.15) is 17.0 Å². The van der Waals surface area contributed by atoms with Gasteiger partial charge in [0.05, 0.1) is 28.4 Å². The van der Waals surface area contributed by atoms with Crippen molar-refractivity contribution in [2.45, 2.75) is 39.4 Å². The number of halogens is 2. The largest absolute Gasteiger partial charge is 0.477 e. The van der Waals surface area contributed by atoms with E-state index >= 15 is 0 Å². The van der Waals surface area contributed by atoms with Crippen LogP contribution in [0.2, 0.25) is 10.0 Å². The lowest BCUT2D eigenvalue weighted by atomic mass is 10.1. The first kappa shape index (κ1) is 23.9. The van der Waals surface area contributed by atoms with E-state index in [2.05, 4.69) is 15.0 Å². The second kappa shape index (κ2) is 9.01. The van der Waals surface area contributed by atoms with Crippen molar-refractivity contribution >= 4 is 29.2 Å². The van der Waals surface area contributed by atoms with E-state index in [1.807, 2.05) is 0 Å². The van der Waals surface area contributed by atoms with Crippen molar-refractivity contribution in [3.63, 3.8) is 0 Å². The van der Waals surface area contributed by atoms with Crippen LogP contribution < -0.4 is 9.47 Å². The zero-order chi connectivity index (χ0) is 23.8. The molecule has 1 N–H and O–H groups in total. The molecule has 0 saturated heterocycles. The van der Waals surface area contributed by atoms with Crippen LogP contribution in [-0.2, 0) is 22.2 Å². The highest BCUT2D eigenvalue weighted by molar-refractivity contribution is 6.36. The summed E-state index contributed by atoms with van der Waals surface area (Å²) in [6, 6.07) is 4.54. The third kappa shape index (κ3) is 4.85. The molecule has 0 spiro atoms. The molecule has 3 aromatic rings. The fourth-order valence-corrected chi connectivity index (χ4v) is 3.38. The van der Waals surface area contributed by atoms with E-state index in [9.17, 15) is 9.90 Å². The number of ether oxygens (including phenoxy) is 3. The molecule has 0 radical (unpaired) electrons. The van der Waals surface area contributed by atoms with Crippen LogP contribution in [-0.4, -0.2) is 39.2 Å². The van der Waals surface area contributed by atoms with E-state index in [4.69, 9.17) is 37.2 Å². The highest BCUT2D eigenvalue weighted by Gasteiger charge is 2.27. The van der Waals surface area contributed by atoms with E-state index in [0.29, 0.717) is 28.6 Å². The fourth-order valence-electron chi connectivity index (χ4n) is 2.92. The van der Waals surface area contributed by atoms with Gasteiger partial charge in [0.15, 0.2) is 17.6 Å². The maximum atomic E-state index is 11.7. The first-order valence-electron chi connectivity index (χ1n) is 9.57. The van der Waals surface area contributed by atoms with Gasteiger partial charge in [-0.15, -0.1) is 0 Å². The number of nitrogens with zero attached hydrogens (tertiary/aromatic N) is 3. The Morgan fingerprint density at radius 2 is 1.88 bits per heavy atom. The maximum Gasteiger partial charge on any atom is 0.346 e. The first-order valence-corrected chi connectivity index (χ1v) is 10.3. The third-order valence-electron chi connectivity index (χ3n) is 4.57. The zero-order valence-corrected chi connectivity index (χ0v) is 19.9. The SMILES string of the molecule is COC(=O)[C@H](C)Oc1cc(Oc2c(-c3cc(C(C)(C)O)on3)c(C)nn2C)c(Cl)cc1Cl. The minimum absolute atomic E-state index is 0.190. The van der Waals surface area contributed by atoms with Crippen molar-refractivity contribution in [1.29, 1.82) is 0 Å². The van der Waals surface area contributed by atoms with E-state index in [0.717, 1.165) is 0 Å². The fraction of sp³-hybridized carbons (Fsp3) is 0.381. The summed E-state index contributed by atoms with van der Waals surface area (Å²) in [4.78, 5) is 11.7. The van der Waals surface area contributed by atoms with Crippen molar-refractivity contribution in [3.8, 4) is 28.6 Å². The minimum Gasteiger partial charge on any atom is -0.477 e. The summed E-state index contributed by atoms with van der Waals surface area (Å²) in [6.45, 7) is 6.51. The molecule has 32 heavy (non-hydrogen) atoms. The summed E-state index contributed by atoms with van der Waals surface area (Å²) in [5, 5.41) is 19.1. The number of carbonyl (C=O) groups is 1. The lowest BCUT2D eigenvalue weighted by Gasteiger charge is -2.16. The second-order valence-electron chi connectivity index (χ2n) is 7.62. The van der Waals surface area contributed by atoms with Gasteiger partial charge in [0.25, 0.3) is 0 Å². The number of hydrogen-bond acceptors (Lipinski definition) is 8. The minimum atomic E-state index is -1.20. The zero-order valence-electron chi connectivity index (χ0n) is 18.4. The van der Waals surface area contributed by atoms with E-state index in [1.165, 1.54) is 30.8 Å². The number of rotatable bonds is 7. The molecule has 3 rings (SSSR count). The predicted molar refractivity (Wildman–Crippen MR) is 117 cm³/mol. The normalized spacial score (nSPS) is 12.5. The van der Waals surface area contributed by atoms with Crippen LogP contribution in [0.25, 0.3) is 11.3 Å². The number of benzene rings is 1.